The van der Waals surface area contributed by atoms with Gasteiger partial charge >= 0.3 is 5.97 Å². The highest BCUT2D eigenvalue weighted by Gasteiger charge is 2.61. The van der Waals surface area contributed by atoms with Crippen LogP contribution in [0, 0.1) is 11.8 Å². The van der Waals surface area contributed by atoms with Crippen LogP contribution in [-0.4, -0.2) is 41.7 Å². The molecule has 0 aromatic heterocycles. The second kappa shape index (κ2) is 8.60. The first kappa shape index (κ1) is 22.5. The van der Waals surface area contributed by atoms with Gasteiger partial charge in [-0.05, 0) is 46.5 Å². The minimum absolute atomic E-state index is 0.241. The Labute approximate surface area is 212 Å². The van der Waals surface area contributed by atoms with Gasteiger partial charge in [-0.2, -0.15) is 0 Å². The van der Waals surface area contributed by atoms with Crippen LogP contribution in [0.2, 0.25) is 5.02 Å². The van der Waals surface area contributed by atoms with Gasteiger partial charge in [-0.3, -0.25) is 24.1 Å². The molecule has 3 amide bonds. The number of halogens is 1. The Hall–Kier alpha value is -3.97. The molecule has 4 aliphatic rings. The van der Waals surface area contributed by atoms with Gasteiger partial charge in [0.25, 0.3) is 5.91 Å². The predicted molar refractivity (Wildman–Crippen MR) is 131 cm³/mol. The zero-order valence-electron chi connectivity index (χ0n) is 19.0. The Kier molecular flexibility index (Phi) is 5.38. The van der Waals surface area contributed by atoms with Crippen LogP contribution in [-0.2, 0) is 23.9 Å². The van der Waals surface area contributed by atoms with E-state index in [9.17, 15) is 19.2 Å². The molecule has 1 fully saturated rings. The van der Waals surface area contributed by atoms with Crippen molar-refractivity contribution in [1.82, 2.24) is 4.90 Å². The molecule has 1 saturated heterocycles. The van der Waals surface area contributed by atoms with Gasteiger partial charge < -0.3 is 10.1 Å². The van der Waals surface area contributed by atoms with E-state index in [1.54, 1.807) is 24.3 Å². The van der Waals surface area contributed by atoms with E-state index in [1.807, 2.05) is 48.5 Å². The molecule has 0 saturated carbocycles. The summed E-state index contributed by atoms with van der Waals surface area (Å²) in [7, 11) is 0. The van der Waals surface area contributed by atoms with Crippen LogP contribution >= 0.6 is 11.6 Å². The molecule has 0 spiro atoms. The van der Waals surface area contributed by atoms with Crippen molar-refractivity contribution in [2.24, 2.45) is 11.8 Å². The number of likely N-dealkylation sites (tertiary alicyclic amines) is 1. The highest BCUT2D eigenvalue weighted by molar-refractivity contribution is 6.30. The summed E-state index contributed by atoms with van der Waals surface area (Å²) >= 11 is 5.83. The number of ether oxygens (including phenoxy) is 1. The average Bonchev–Trinajstić information content (AvgIpc) is 3.14. The molecule has 3 aliphatic carbocycles. The van der Waals surface area contributed by atoms with Gasteiger partial charge in [0.1, 0.15) is 6.54 Å². The largest absolute Gasteiger partial charge is 0.454 e. The van der Waals surface area contributed by atoms with Gasteiger partial charge in [0.15, 0.2) is 6.61 Å². The molecule has 36 heavy (non-hydrogen) atoms. The summed E-state index contributed by atoms with van der Waals surface area (Å²) in [5.74, 6) is -3.70. The fraction of sp³-hybridized carbons (Fsp3) is 0.214. The van der Waals surface area contributed by atoms with Crippen LogP contribution in [0.15, 0.2) is 72.8 Å². The topological polar surface area (TPSA) is 92.8 Å². The molecule has 3 aromatic carbocycles. The van der Waals surface area contributed by atoms with Crippen LogP contribution in [0.3, 0.4) is 0 Å². The normalized spacial score (nSPS) is 23.1. The molecule has 8 heteroatoms. The molecule has 3 aromatic rings. The Balaban J connectivity index is 1.18. The number of anilines is 1. The summed E-state index contributed by atoms with van der Waals surface area (Å²) in [5, 5.41) is 3.12. The van der Waals surface area contributed by atoms with Crippen LogP contribution in [0.4, 0.5) is 5.69 Å². The van der Waals surface area contributed by atoms with Crippen LogP contribution < -0.4 is 5.32 Å². The van der Waals surface area contributed by atoms with Crippen molar-refractivity contribution in [2.75, 3.05) is 18.5 Å². The highest BCUT2D eigenvalue weighted by atomic mass is 35.5. The first-order chi connectivity index (χ1) is 17.4. The molecule has 180 valence electrons. The third-order valence-corrected chi connectivity index (χ3v) is 7.57. The monoisotopic (exact) mass is 500 g/mol. The fourth-order valence-corrected chi connectivity index (χ4v) is 6.07. The van der Waals surface area contributed by atoms with Crippen molar-refractivity contribution in [3.8, 4) is 0 Å². The zero-order chi connectivity index (χ0) is 25.0. The van der Waals surface area contributed by atoms with E-state index in [0.29, 0.717) is 10.7 Å². The quantitative estimate of drug-likeness (QED) is 0.426. The van der Waals surface area contributed by atoms with Gasteiger partial charge in [-0.25, -0.2) is 0 Å². The third kappa shape index (κ3) is 3.50. The molecule has 1 aliphatic heterocycles. The van der Waals surface area contributed by atoms with Crippen molar-refractivity contribution in [3.63, 3.8) is 0 Å². The SMILES string of the molecule is O=C(COC(=O)CN1C(=O)[C@@H]2C3c4ccccc4C(c4ccccc43)[C@@H]2C1=O)Nc1ccc(Cl)cc1. The number of carbonyl (C=O) groups excluding carboxylic acids is 4. The zero-order valence-corrected chi connectivity index (χ0v) is 19.8. The van der Waals surface area contributed by atoms with Crippen LogP contribution in [0.25, 0.3) is 0 Å². The summed E-state index contributed by atoms with van der Waals surface area (Å²) in [6.45, 7) is -1.06. The summed E-state index contributed by atoms with van der Waals surface area (Å²) < 4.78 is 5.08. The number of carbonyl (C=O) groups is 4. The van der Waals surface area contributed by atoms with E-state index < -0.39 is 36.9 Å². The van der Waals surface area contributed by atoms with E-state index in [2.05, 4.69) is 5.32 Å². The number of nitrogens with one attached hydrogen (secondary N) is 1. The van der Waals surface area contributed by atoms with E-state index in [1.165, 1.54) is 0 Å². The van der Waals surface area contributed by atoms with Crippen molar-refractivity contribution < 1.29 is 23.9 Å². The Morgan fingerprint density at radius 2 is 1.25 bits per heavy atom. The Morgan fingerprint density at radius 3 is 1.72 bits per heavy atom. The Morgan fingerprint density at radius 1 is 0.778 bits per heavy atom. The smallest absolute Gasteiger partial charge is 0.326 e. The molecular weight excluding hydrogens is 480 g/mol. The van der Waals surface area contributed by atoms with Crippen molar-refractivity contribution >= 4 is 41.0 Å². The number of rotatable bonds is 5. The van der Waals surface area contributed by atoms with E-state index in [4.69, 9.17) is 16.3 Å². The molecule has 2 atom stereocenters. The maximum Gasteiger partial charge on any atom is 0.326 e. The van der Waals surface area contributed by atoms with Crippen molar-refractivity contribution in [2.45, 2.75) is 11.8 Å². The van der Waals surface area contributed by atoms with Gasteiger partial charge in [0.05, 0.1) is 11.8 Å². The standard InChI is InChI=1S/C28H21ClN2O5/c29-15-9-11-16(12-10-15)30-21(32)14-36-22(33)13-31-27(34)25-23-17-5-1-2-6-18(17)24(26(25)28(31)35)20-8-4-3-7-19(20)23/h1-12,23-26H,13-14H2,(H,30,32)/t23?,24?,25-,26+. The average molecular weight is 501 g/mol. The van der Waals surface area contributed by atoms with E-state index >= 15 is 0 Å². The first-order valence-corrected chi connectivity index (χ1v) is 12.1. The Bertz CT molecular complexity index is 1300. The second-order valence-electron chi connectivity index (χ2n) is 9.24. The molecule has 2 bridgehead atoms. The minimum Gasteiger partial charge on any atom is -0.454 e. The molecule has 0 radical (unpaired) electrons. The van der Waals surface area contributed by atoms with Crippen molar-refractivity contribution in [1.29, 1.82) is 0 Å². The van der Waals surface area contributed by atoms with Crippen molar-refractivity contribution in [3.05, 3.63) is 100 Å². The number of hydrogen-bond acceptors (Lipinski definition) is 5. The molecule has 1 heterocycles. The summed E-state index contributed by atoms with van der Waals surface area (Å²) in [6.07, 6.45) is 0. The van der Waals surface area contributed by atoms with Crippen LogP contribution in [0.1, 0.15) is 34.1 Å². The van der Waals surface area contributed by atoms with E-state index in [0.717, 1.165) is 27.2 Å². The number of nitrogens with zero attached hydrogens (tertiary/aromatic N) is 1. The van der Waals surface area contributed by atoms with Crippen LogP contribution in [0.5, 0.6) is 0 Å². The second-order valence-corrected chi connectivity index (χ2v) is 9.68. The minimum atomic E-state index is -0.816. The number of hydrogen-bond donors (Lipinski definition) is 1. The van der Waals surface area contributed by atoms with E-state index in [-0.39, 0.29) is 23.7 Å². The highest BCUT2D eigenvalue weighted by Crippen LogP contribution is 2.60. The number of imide groups is 1. The molecule has 7 rings (SSSR count). The molecule has 7 nitrogen and oxygen atoms in total. The number of esters is 1. The first-order valence-electron chi connectivity index (χ1n) is 11.7. The fourth-order valence-electron chi connectivity index (χ4n) is 5.95. The maximum atomic E-state index is 13.5. The summed E-state index contributed by atoms with van der Waals surface area (Å²) in [5.41, 5.74) is 4.75. The molecular formula is C28H21ClN2O5. The lowest BCUT2D eigenvalue weighted by Gasteiger charge is -2.45. The number of amides is 3. The lowest BCUT2D eigenvalue weighted by molar-refractivity contribution is -0.154. The molecule has 0 unspecified atom stereocenters. The van der Waals surface area contributed by atoms with Gasteiger partial charge in [-0.15, -0.1) is 0 Å². The summed E-state index contributed by atoms with van der Waals surface area (Å²) in [6, 6.07) is 22.4. The van der Waals surface area contributed by atoms with Gasteiger partial charge in [0, 0.05) is 22.5 Å². The van der Waals surface area contributed by atoms with Gasteiger partial charge in [-0.1, -0.05) is 60.1 Å². The lowest BCUT2D eigenvalue weighted by atomic mass is 9.55. The lowest BCUT2D eigenvalue weighted by Crippen LogP contribution is -2.41. The molecule has 1 N–H and O–H groups in total. The summed E-state index contributed by atoms with van der Waals surface area (Å²) in [4.78, 5) is 52.7. The van der Waals surface area contributed by atoms with Gasteiger partial charge in [0.2, 0.25) is 11.8 Å². The predicted octanol–water partition coefficient (Wildman–Crippen LogP) is 3.71. The number of benzene rings is 3. The maximum absolute atomic E-state index is 13.5. The third-order valence-electron chi connectivity index (χ3n) is 7.32.